The molecule has 9 heteroatoms. The van der Waals surface area contributed by atoms with Gasteiger partial charge in [0.1, 0.15) is 11.3 Å². The van der Waals surface area contributed by atoms with E-state index < -0.39 is 11.5 Å². The van der Waals surface area contributed by atoms with E-state index in [4.69, 9.17) is 12.2 Å². The van der Waals surface area contributed by atoms with Crippen molar-refractivity contribution in [3.05, 3.63) is 50.5 Å². The summed E-state index contributed by atoms with van der Waals surface area (Å²) in [5, 5.41) is 23.6. The fourth-order valence-electron chi connectivity index (χ4n) is 2.27. The van der Waals surface area contributed by atoms with Crippen molar-refractivity contribution in [2.24, 2.45) is 5.10 Å². The van der Waals surface area contributed by atoms with Gasteiger partial charge in [-0.2, -0.15) is 5.10 Å². The number of hydrazone groups is 1. The molecular formula is C16H18N4O4S. The maximum atomic E-state index is 12.4. The maximum absolute atomic E-state index is 12.4. The first-order chi connectivity index (χ1) is 11.9. The lowest BCUT2D eigenvalue weighted by molar-refractivity contribution is 0.0952. The lowest BCUT2D eigenvalue weighted by Crippen LogP contribution is -2.28. The lowest BCUT2D eigenvalue weighted by atomic mass is 10.2. The first-order valence-electron chi connectivity index (χ1n) is 7.60. The summed E-state index contributed by atoms with van der Waals surface area (Å²) in [6.07, 6.45) is 1.06. The van der Waals surface area contributed by atoms with Gasteiger partial charge in [0.05, 0.1) is 11.8 Å². The molecule has 0 unspecified atom stereocenters. The molecule has 1 aromatic carbocycles. The highest BCUT2D eigenvalue weighted by molar-refractivity contribution is 7.71. The van der Waals surface area contributed by atoms with Gasteiger partial charge < -0.3 is 10.2 Å². The number of phenols is 1. The van der Waals surface area contributed by atoms with Crippen LogP contribution in [0, 0.1) is 4.77 Å². The van der Waals surface area contributed by atoms with Crippen LogP contribution in [-0.2, 0) is 13.1 Å². The Balaban J connectivity index is 2.36. The van der Waals surface area contributed by atoms with Gasteiger partial charge in [-0.1, -0.05) is 12.1 Å². The zero-order chi connectivity index (χ0) is 18.6. The second-order valence-electron chi connectivity index (χ2n) is 5.03. The van der Waals surface area contributed by atoms with E-state index in [1.165, 1.54) is 21.3 Å². The summed E-state index contributed by atoms with van der Waals surface area (Å²) >= 11 is 5.18. The van der Waals surface area contributed by atoms with Crippen molar-refractivity contribution in [1.82, 2.24) is 14.6 Å². The fraction of sp³-hybridized carbons (Fsp3) is 0.250. The number of carbonyl (C=O) groups is 1. The van der Waals surface area contributed by atoms with E-state index in [0.29, 0.717) is 13.1 Å². The van der Waals surface area contributed by atoms with E-state index in [0.717, 1.165) is 6.21 Å². The van der Waals surface area contributed by atoms with Gasteiger partial charge in [-0.15, -0.1) is 0 Å². The monoisotopic (exact) mass is 362 g/mol. The molecule has 1 aromatic heterocycles. The van der Waals surface area contributed by atoms with Gasteiger partial charge >= 0.3 is 0 Å². The first-order valence-corrected chi connectivity index (χ1v) is 8.01. The molecule has 132 valence electrons. The van der Waals surface area contributed by atoms with Gasteiger partial charge in [0.15, 0.2) is 4.77 Å². The molecule has 0 aliphatic heterocycles. The number of hydrogen-bond acceptors (Lipinski definition) is 6. The summed E-state index contributed by atoms with van der Waals surface area (Å²) in [7, 11) is 0. The van der Waals surface area contributed by atoms with E-state index in [-0.39, 0.29) is 27.5 Å². The van der Waals surface area contributed by atoms with Gasteiger partial charge in [-0.05, 0) is 38.2 Å². The van der Waals surface area contributed by atoms with Crippen molar-refractivity contribution in [2.75, 3.05) is 0 Å². The second kappa shape index (κ2) is 7.75. The number of nitrogens with one attached hydrogen (secondary N) is 1. The van der Waals surface area contributed by atoms with Gasteiger partial charge in [0, 0.05) is 13.1 Å². The van der Waals surface area contributed by atoms with Gasteiger partial charge in [-0.25, -0.2) is 5.43 Å². The Morgan fingerprint density at radius 1 is 1.24 bits per heavy atom. The summed E-state index contributed by atoms with van der Waals surface area (Å²) in [6.45, 7) is 4.25. The molecule has 8 nitrogen and oxygen atoms in total. The molecule has 0 spiro atoms. The van der Waals surface area contributed by atoms with Gasteiger partial charge in [0.2, 0.25) is 5.88 Å². The van der Waals surface area contributed by atoms with Crippen molar-refractivity contribution in [1.29, 1.82) is 0 Å². The maximum Gasteiger partial charge on any atom is 0.275 e. The Labute approximate surface area is 148 Å². The van der Waals surface area contributed by atoms with E-state index in [9.17, 15) is 19.8 Å². The smallest absolute Gasteiger partial charge is 0.275 e. The van der Waals surface area contributed by atoms with E-state index in [1.807, 2.05) is 0 Å². The molecule has 2 aromatic rings. The number of aromatic nitrogens is 2. The Morgan fingerprint density at radius 3 is 2.48 bits per heavy atom. The number of nitrogens with zero attached hydrogens (tertiary/aromatic N) is 3. The van der Waals surface area contributed by atoms with Crippen LogP contribution >= 0.6 is 12.2 Å². The molecule has 1 heterocycles. The molecule has 0 saturated heterocycles. The van der Waals surface area contributed by atoms with Crippen molar-refractivity contribution in [2.45, 2.75) is 26.9 Å². The molecule has 3 N–H and O–H groups in total. The van der Waals surface area contributed by atoms with Gasteiger partial charge in [-0.3, -0.25) is 18.7 Å². The van der Waals surface area contributed by atoms with Gasteiger partial charge in [0.25, 0.3) is 11.5 Å². The quantitative estimate of drug-likeness (QED) is 0.425. The van der Waals surface area contributed by atoms with Crippen molar-refractivity contribution < 1.29 is 15.0 Å². The number of para-hydroxylation sites is 1. The van der Waals surface area contributed by atoms with Crippen molar-refractivity contribution in [3.8, 4) is 11.6 Å². The summed E-state index contributed by atoms with van der Waals surface area (Å²) < 4.78 is 2.93. The van der Waals surface area contributed by atoms with Crippen LogP contribution in [0.5, 0.6) is 11.6 Å². The van der Waals surface area contributed by atoms with E-state index in [1.54, 1.807) is 26.0 Å². The molecule has 1 amide bonds. The number of benzene rings is 1. The average molecular weight is 362 g/mol. The SMILES string of the molecule is CCn1c(O)c(C=NNC(=O)c2ccccc2O)c(=O)n(CC)c1=S. The Kier molecular flexibility index (Phi) is 5.71. The number of hydrogen-bond donors (Lipinski definition) is 3. The molecule has 0 bridgehead atoms. The minimum Gasteiger partial charge on any atom is -0.507 e. The normalized spacial score (nSPS) is 11.0. The summed E-state index contributed by atoms with van der Waals surface area (Å²) in [5.74, 6) is -1.15. The van der Waals surface area contributed by atoms with Crippen molar-refractivity contribution >= 4 is 24.3 Å². The predicted molar refractivity (Wildman–Crippen MR) is 95.7 cm³/mol. The third-order valence-electron chi connectivity index (χ3n) is 3.57. The van der Waals surface area contributed by atoms with Crippen LogP contribution in [0.15, 0.2) is 34.2 Å². The predicted octanol–water partition coefficient (Wildman–Crippen LogP) is 1.59. The standard InChI is InChI=1S/C16H18N4O4S/c1-3-19-14(23)11(15(24)20(4-2)16(19)25)9-17-18-13(22)10-7-5-6-8-12(10)21/h5-9,21,23H,3-4H2,1-2H3,(H,18,22). The highest BCUT2D eigenvalue weighted by atomic mass is 32.1. The molecule has 2 rings (SSSR count). The summed E-state index contributed by atoms with van der Waals surface area (Å²) in [6, 6.07) is 5.98. The van der Waals surface area contributed by atoms with Crippen LogP contribution in [0.1, 0.15) is 29.8 Å². The van der Waals surface area contributed by atoms with E-state index in [2.05, 4.69) is 10.5 Å². The van der Waals surface area contributed by atoms with Crippen LogP contribution in [0.3, 0.4) is 0 Å². The number of carbonyl (C=O) groups excluding carboxylic acids is 1. The van der Waals surface area contributed by atoms with Crippen LogP contribution in [0.2, 0.25) is 0 Å². The number of phenolic OH excluding ortho intramolecular Hbond substituents is 1. The number of aromatic hydroxyl groups is 2. The topological polar surface area (TPSA) is 109 Å². The third-order valence-corrected chi connectivity index (χ3v) is 4.02. The molecule has 0 radical (unpaired) electrons. The van der Waals surface area contributed by atoms with Crippen LogP contribution in [-0.4, -0.2) is 31.5 Å². The summed E-state index contributed by atoms with van der Waals surface area (Å²) in [4.78, 5) is 24.4. The molecule has 0 fully saturated rings. The van der Waals surface area contributed by atoms with Crippen LogP contribution in [0.4, 0.5) is 0 Å². The second-order valence-corrected chi connectivity index (χ2v) is 5.39. The zero-order valence-corrected chi connectivity index (χ0v) is 14.6. The molecule has 0 aliphatic carbocycles. The lowest BCUT2D eigenvalue weighted by Gasteiger charge is -2.13. The summed E-state index contributed by atoms with van der Waals surface area (Å²) in [5.41, 5.74) is 1.66. The molecule has 25 heavy (non-hydrogen) atoms. The van der Waals surface area contributed by atoms with Crippen LogP contribution < -0.4 is 11.0 Å². The highest BCUT2D eigenvalue weighted by Crippen LogP contribution is 2.15. The molecular weight excluding hydrogens is 344 g/mol. The largest absolute Gasteiger partial charge is 0.507 e. The number of rotatable bonds is 5. The minimum atomic E-state index is -0.645. The fourth-order valence-corrected chi connectivity index (χ4v) is 2.70. The minimum absolute atomic E-state index is 0.0411. The Morgan fingerprint density at radius 2 is 1.88 bits per heavy atom. The third kappa shape index (κ3) is 3.61. The average Bonchev–Trinajstić information content (AvgIpc) is 2.59. The Hall–Kier alpha value is -2.94. The first kappa shape index (κ1) is 18.4. The van der Waals surface area contributed by atoms with E-state index >= 15 is 0 Å². The molecule has 0 saturated carbocycles. The zero-order valence-electron chi connectivity index (χ0n) is 13.8. The number of amides is 1. The Bertz CT molecular complexity index is 946. The highest BCUT2D eigenvalue weighted by Gasteiger charge is 2.14. The molecule has 0 aliphatic rings. The van der Waals surface area contributed by atoms with Crippen LogP contribution in [0.25, 0.3) is 0 Å². The van der Waals surface area contributed by atoms with Crippen molar-refractivity contribution in [3.63, 3.8) is 0 Å². The molecule has 0 atom stereocenters.